The normalized spacial score (nSPS) is 16.4. The molecule has 2 aromatic carbocycles. The third kappa shape index (κ3) is 2.91. The van der Waals surface area contributed by atoms with Gasteiger partial charge in [-0.15, -0.1) is 0 Å². The number of fused-ring (bicyclic) bond motifs is 1. The van der Waals surface area contributed by atoms with Gasteiger partial charge in [-0.25, -0.2) is 4.39 Å². The number of pyridine rings is 1. The van der Waals surface area contributed by atoms with E-state index < -0.39 is 5.82 Å². The van der Waals surface area contributed by atoms with Crippen LogP contribution in [0.1, 0.15) is 33.1 Å². The molecule has 0 radical (unpaired) electrons. The summed E-state index contributed by atoms with van der Waals surface area (Å²) in [5.41, 5.74) is 3.74. The summed E-state index contributed by atoms with van der Waals surface area (Å²) >= 11 is 0. The van der Waals surface area contributed by atoms with E-state index in [-0.39, 0.29) is 11.9 Å². The first-order chi connectivity index (χ1) is 12.2. The molecule has 0 saturated carbocycles. The molecule has 1 aromatic heterocycles. The van der Waals surface area contributed by atoms with E-state index in [0.717, 1.165) is 17.5 Å². The van der Waals surface area contributed by atoms with Gasteiger partial charge >= 0.3 is 0 Å². The first kappa shape index (κ1) is 15.5. The number of halogens is 1. The molecule has 0 saturated heterocycles. The Balaban J connectivity index is 1.80. The van der Waals surface area contributed by atoms with Crippen molar-refractivity contribution in [3.63, 3.8) is 0 Å². The first-order valence-corrected chi connectivity index (χ1v) is 8.28. The van der Waals surface area contributed by atoms with Crippen LogP contribution in [0.15, 0.2) is 73.1 Å². The highest BCUT2D eigenvalue weighted by Crippen LogP contribution is 2.35. The fourth-order valence-corrected chi connectivity index (χ4v) is 3.48. The van der Waals surface area contributed by atoms with Crippen LogP contribution in [0.4, 0.5) is 4.39 Å². The first-order valence-electron chi connectivity index (χ1n) is 8.28. The van der Waals surface area contributed by atoms with Crippen molar-refractivity contribution in [2.24, 2.45) is 0 Å². The molecule has 1 aliphatic heterocycles. The molecule has 0 N–H and O–H groups in total. The minimum absolute atomic E-state index is 0.157. The lowest BCUT2D eigenvalue weighted by molar-refractivity contribution is 0.0694. The van der Waals surface area contributed by atoms with Gasteiger partial charge in [0, 0.05) is 24.5 Å². The maximum atomic E-state index is 13.6. The third-order valence-corrected chi connectivity index (χ3v) is 4.64. The van der Waals surface area contributed by atoms with Crippen molar-refractivity contribution >= 4 is 5.91 Å². The van der Waals surface area contributed by atoms with Gasteiger partial charge in [-0.1, -0.05) is 30.3 Å². The molecule has 1 aliphatic rings. The number of carbonyl (C=O) groups excluding carboxylic acids is 1. The number of rotatable bonds is 2. The Hall–Kier alpha value is -3.01. The quantitative estimate of drug-likeness (QED) is 0.710. The van der Waals surface area contributed by atoms with Gasteiger partial charge in [-0.2, -0.15) is 0 Å². The molecule has 0 spiro atoms. The number of benzene rings is 2. The van der Waals surface area contributed by atoms with E-state index in [2.05, 4.69) is 17.1 Å². The van der Waals surface area contributed by atoms with E-state index in [1.807, 2.05) is 29.2 Å². The van der Waals surface area contributed by atoms with Crippen LogP contribution < -0.4 is 0 Å². The van der Waals surface area contributed by atoms with Crippen molar-refractivity contribution in [3.05, 3.63) is 101 Å². The molecular formula is C21H17FN2O. The predicted octanol–water partition coefficient (Wildman–Crippen LogP) is 4.01. The van der Waals surface area contributed by atoms with Gasteiger partial charge in [0.2, 0.25) is 0 Å². The van der Waals surface area contributed by atoms with Crippen molar-refractivity contribution in [2.45, 2.75) is 12.5 Å². The predicted molar refractivity (Wildman–Crippen MR) is 93.7 cm³/mol. The second-order valence-electron chi connectivity index (χ2n) is 6.14. The Bertz CT molecular complexity index is 911. The molecule has 0 fully saturated rings. The maximum absolute atomic E-state index is 13.6. The maximum Gasteiger partial charge on any atom is 0.254 e. The van der Waals surface area contributed by atoms with Crippen LogP contribution in [-0.4, -0.2) is 22.3 Å². The zero-order valence-electron chi connectivity index (χ0n) is 13.6. The molecule has 0 bridgehead atoms. The number of hydrogen-bond acceptors (Lipinski definition) is 2. The van der Waals surface area contributed by atoms with Gasteiger partial charge in [0.1, 0.15) is 5.82 Å². The number of amides is 1. The zero-order valence-corrected chi connectivity index (χ0v) is 13.6. The molecular weight excluding hydrogens is 315 g/mol. The van der Waals surface area contributed by atoms with Gasteiger partial charge in [-0.3, -0.25) is 9.78 Å². The van der Waals surface area contributed by atoms with E-state index in [0.29, 0.717) is 12.1 Å². The number of nitrogens with zero attached hydrogens (tertiary/aromatic N) is 2. The Morgan fingerprint density at radius 3 is 2.64 bits per heavy atom. The number of carbonyl (C=O) groups is 1. The highest BCUT2D eigenvalue weighted by molar-refractivity contribution is 5.95. The molecule has 0 aliphatic carbocycles. The van der Waals surface area contributed by atoms with Gasteiger partial charge in [0.15, 0.2) is 0 Å². The van der Waals surface area contributed by atoms with E-state index in [1.54, 1.807) is 24.5 Å². The largest absolute Gasteiger partial charge is 0.327 e. The molecule has 3 aromatic rings. The van der Waals surface area contributed by atoms with Gasteiger partial charge in [0.05, 0.1) is 6.04 Å². The highest BCUT2D eigenvalue weighted by atomic mass is 19.1. The SMILES string of the molecule is O=C(c1cccc(F)c1)N1CCc2ccccc2C1c1ccncc1. The van der Waals surface area contributed by atoms with Crippen LogP contribution >= 0.6 is 0 Å². The Labute approximate surface area is 145 Å². The molecule has 1 unspecified atom stereocenters. The van der Waals surface area contributed by atoms with Crippen LogP contribution in [0.3, 0.4) is 0 Å². The fourth-order valence-electron chi connectivity index (χ4n) is 3.48. The molecule has 124 valence electrons. The summed E-state index contributed by atoms with van der Waals surface area (Å²) in [6.07, 6.45) is 4.26. The molecule has 1 amide bonds. The van der Waals surface area contributed by atoms with Gasteiger partial charge in [0.25, 0.3) is 5.91 Å². The Morgan fingerprint density at radius 2 is 1.84 bits per heavy atom. The molecule has 1 atom stereocenters. The fraction of sp³-hybridized carbons (Fsp3) is 0.143. The molecule has 4 heteroatoms. The van der Waals surface area contributed by atoms with Crippen LogP contribution in [0.2, 0.25) is 0 Å². The van der Waals surface area contributed by atoms with Crippen LogP contribution in [0, 0.1) is 5.82 Å². The summed E-state index contributed by atoms with van der Waals surface area (Å²) in [7, 11) is 0. The average Bonchev–Trinajstić information content (AvgIpc) is 2.67. The van der Waals surface area contributed by atoms with Crippen molar-refractivity contribution < 1.29 is 9.18 Å². The van der Waals surface area contributed by atoms with E-state index in [1.165, 1.54) is 17.7 Å². The van der Waals surface area contributed by atoms with E-state index in [4.69, 9.17) is 0 Å². The summed E-state index contributed by atoms with van der Waals surface area (Å²) in [6, 6.07) is 17.7. The zero-order chi connectivity index (χ0) is 17.2. The minimum atomic E-state index is -0.399. The smallest absolute Gasteiger partial charge is 0.254 e. The van der Waals surface area contributed by atoms with Crippen LogP contribution in [0.25, 0.3) is 0 Å². The van der Waals surface area contributed by atoms with Gasteiger partial charge < -0.3 is 4.90 Å². The molecule has 25 heavy (non-hydrogen) atoms. The van der Waals surface area contributed by atoms with Crippen molar-refractivity contribution in [3.8, 4) is 0 Å². The number of hydrogen-bond donors (Lipinski definition) is 0. The third-order valence-electron chi connectivity index (χ3n) is 4.64. The van der Waals surface area contributed by atoms with E-state index in [9.17, 15) is 9.18 Å². The molecule has 2 heterocycles. The molecule has 4 rings (SSSR count). The Kier molecular flexibility index (Phi) is 4.02. The monoisotopic (exact) mass is 332 g/mol. The standard InChI is InChI=1S/C21H17FN2O/c22-18-6-3-5-17(14-18)21(25)24-13-10-15-4-1-2-7-19(15)20(24)16-8-11-23-12-9-16/h1-9,11-12,14,20H,10,13H2. The summed E-state index contributed by atoms with van der Waals surface area (Å²) in [5, 5.41) is 0. The Morgan fingerprint density at radius 1 is 1.04 bits per heavy atom. The summed E-state index contributed by atoms with van der Waals surface area (Å²) in [5.74, 6) is -0.556. The number of aromatic nitrogens is 1. The van der Waals surface area contributed by atoms with E-state index >= 15 is 0 Å². The highest BCUT2D eigenvalue weighted by Gasteiger charge is 2.32. The van der Waals surface area contributed by atoms with Crippen molar-refractivity contribution in [2.75, 3.05) is 6.54 Å². The molecule has 3 nitrogen and oxygen atoms in total. The van der Waals surface area contributed by atoms with Crippen molar-refractivity contribution in [1.82, 2.24) is 9.88 Å². The average molecular weight is 332 g/mol. The lowest BCUT2D eigenvalue weighted by Gasteiger charge is -2.37. The lowest BCUT2D eigenvalue weighted by Crippen LogP contribution is -2.40. The lowest BCUT2D eigenvalue weighted by atomic mass is 9.88. The van der Waals surface area contributed by atoms with Crippen molar-refractivity contribution in [1.29, 1.82) is 0 Å². The summed E-state index contributed by atoms with van der Waals surface area (Å²) < 4.78 is 13.6. The summed E-state index contributed by atoms with van der Waals surface area (Å²) in [4.78, 5) is 19.0. The van der Waals surface area contributed by atoms with Gasteiger partial charge in [-0.05, 0) is 53.4 Å². The second-order valence-corrected chi connectivity index (χ2v) is 6.14. The van der Waals surface area contributed by atoms with Crippen LogP contribution in [-0.2, 0) is 6.42 Å². The summed E-state index contributed by atoms with van der Waals surface area (Å²) in [6.45, 7) is 0.597. The van der Waals surface area contributed by atoms with Crippen LogP contribution in [0.5, 0.6) is 0 Å². The second kappa shape index (κ2) is 6.48. The topological polar surface area (TPSA) is 33.2 Å². The minimum Gasteiger partial charge on any atom is -0.327 e.